The number of carbonyl (C=O) groups is 2. The summed E-state index contributed by atoms with van der Waals surface area (Å²) in [4.78, 5) is 36.4. The number of nitrogens with zero attached hydrogens (tertiary/aromatic N) is 7. The molecule has 0 bridgehead atoms. The van der Waals surface area contributed by atoms with Crippen molar-refractivity contribution in [3.05, 3.63) is 53.5 Å². The van der Waals surface area contributed by atoms with Crippen molar-refractivity contribution in [1.29, 1.82) is 0 Å². The van der Waals surface area contributed by atoms with E-state index >= 15 is 0 Å². The predicted molar refractivity (Wildman–Crippen MR) is 159 cm³/mol. The third-order valence-corrected chi connectivity index (χ3v) is 7.74. The number of ether oxygens (including phenoxy) is 2. The van der Waals surface area contributed by atoms with E-state index in [1.807, 2.05) is 11.9 Å². The Morgan fingerprint density at radius 3 is 2.51 bits per heavy atom. The molecule has 0 radical (unpaired) electrons. The van der Waals surface area contributed by atoms with Crippen molar-refractivity contribution in [3.8, 4) is 11.6 Å². The number of amides is 2. The van der Waals surface area contributed by atoms with Gasteiger partial charge in [0.15, 0.2) is 5.69 Å². The van der Waals surface area contributed by atoms with E-state index in [0.717, 1.165) is 45.3 Å². The van der Waals surface area contributed by atoms with Gasteiger partial charge in [0.25, 0.3) is 11.8 Å². The zero-order valence-electron chi connectivity index (χ0n) is 25.1. The molecule has 2 saturated heterocycles. The molecule has 1 aromatic carbocycles. The summed E-state index contributed by atoms with van der Waals surface area (Å²) in [6.45, 7) is 7.33. The molecule has 3 aromatic rings. The number of hydrogen-bond acceptors (Lipinski definition) is 10. The van der Waals surface area contributed by atoms with E-state index in [9.17, 15) is 22.8 Å². The number of pyridine rings is 1. The van der Waals surface area contributed by atoms with Crippen LogP contribution < -0.4 is 20.3 Å². The van der Waals surface area contributed by atoms with Crippen LogP contribution in [0.2, 0.25) is 0 Å². The van der Waals surface area contributed by atoms with Gasteiger partial charge in [-0.05, 0) is 38.2 Å². The molecule has 4 heterocycles. The molecule has 2 fully saturated rings. The van der Waals surface area contributed by atoms with Gasteiger partial charge in [-0.3, -0.25) is 14.5 Å². The monoisotopic (exact) mass is 631 g/mol. The molecule has 16 heteroatoms. The number of likely N-dealkylation sites (N-methyl/N-ethyl adjacent to an activating group) is 1. The van der Waals surface area contributed by atoms with Crippen LogP contribution in [-0.4, -0.2) is 121 Å². The number of rotatable bonds is 10. The van der Waals surface area contributed by atoms with E-state index in [-0.39, 0.29) is 23.2 Å². The highest BCUT2D eigenvalue weighted by molar-refractivity contribution is 6.07. The van der Waals surface area contributed by atoms with Gasteiger partial charge in [0.05, 0.1) is 54.7 Å². The minimum absolute atomic E-state index is 0.106. The molecule has 0 atom stereocenters. The van der Waals surface area contributed by atoms with E-state index in [0.29, 0.717) is 50.3 Å². The first kappa shape index (κ1) is 32.1. The fourth-order valence-corrected chi connectivity index (χ4v) is 5.16. The van der Waals surface area contributed by atoms with Crippen LogP contribution in [0.1, 0.15) is 32.8 Å². The summed E-state index contributed by atoms with van der Waals surface area (Å²) in [7, 11) is 3.20. The number of alkyl halides is 3. The lowest BCUT2D eigenvalue weighted by atomic mass is 10.1. The molecular formula is C29H36F3N9O4. The Morgan fingerprint density at radius 1 is 1.04 bits per heavy atom. The van der Waals surface area contributed by atoms with Crippen LogP contribution >= 0.6 is 0 Å². The van der Waals surface area contributed by atoms with Gasteiger partial charge in [-0.15, -0.1) is 5.10 Å². The molecule has 45 heavy (non-hydrogen) atoms. The van der Waals surface area contributed by atoms with E-state index in [1.54, 1.807) is 18.2 Å². The van der Waals surface area contributed by atoms with Gasteiger partial charge in [0.2, 0.25) is 5.88 Å². The highest BCUT2D eigenvalue weighted by Gasteiger charge is 2.36. The smallest absolute Gasteiger partial charge is 0.417 e. The van der Waals surface area contributed by atoms with Crippen LogP contribution in [0, 0.1) is 0 Å². The summed E-state index contributed by atoms with van der Waals surface area (Å²) in [6.07, 6.45) is -1.73. The molecule has 2 aromatic heterocycles. The Kier molecular flexibility index (Phi) is 10.1. The lowest BCUT2D eigenvalue weighted by molar-refractivity contribution is -0.138. The number of benzene rings is 1. The van der Waals surface area contributed by atoms with Crippen molar-refractivity contribution >= 4 is 23.2 Å². The van der Waals surface area contributed by atoms with Crippen molar-refractivity contribution < 1.29 is 32.2 Å². The molecule has 0 aliphatic carbocycles. The highest BCUT2D eigenvalue weighted by atomic mass is 19.4. The number of morpholine rings is 1. The molecule has 13 nitrogen and oxygen atoms in total. The Bertz CT molecular complexity index is 1490. The second kappa shape index (κ2) is 14.2. The standard InChI is InChI=1S/C29H36F3N9O4/c1-38-8-10-40(11-9-38)25-5-4-20(16-23(25)35-27(42)21-18-34-26(44-2)17-22(21)29(30,31)32)41-19-24(36-37-41)28(43)33-6-3-7-39-12-14-45-15-13-39/h4-5,16-19H,3,6-15H2,1-2H3,(H,33,43)(H,35,42). The molecule has 0 unspecified atom stereocenters. The summed E-state index contributed by atoms with van der Waals surface area (Å²) in [5.41, 5.74) is -0.350. The number of piperazine rings is 1. The topological polar surface area (TPSA) is 130 Å². The SMILES string of the molecule is COc1cc(C(F)(F)F)c(C(=O)Nc2cc(-n3cc(C(=O)NCCCN4CCOCC4)nn3)ccc2N2CCN(C)CC2)cn1. The van der Waals surface area contributed by atoms with Crippen molar-refractivity contribution in [2.45, 2.75) is 12.6 Å². The Labute approximate surface area is 258 Å². The molecule has 5 rings (SSSR count). The average Bonchev–Trinajstić information content (AvgIpc) is 3.54. The van der Waals surface area contributed by atoms with E-state index in [2.05, 4.69) is 35.7 Å². The normalized spacial score (nSPS) is 16.4. The maximum atomic E-state index is 13.9. The van der Waals surface area contributed by atoms with Gasteiger partial charge in [-0.2, -0.15) is 13.2 Å². The van der Waals surface area contributed by atoms with E-state index < -0.39 is 23.2 Å². The number of hydrogen-bond donors (Lipinski definition) is 2. The van der Waals surface area contributed by atoms with E-state index in [4.69, 9.17) is 9.47 Å². The van der Waals surface area contributed by atoms with Gasteiger partial charge in [0.1, 0.15) is 0 Å². The molecular weight excluding hydrogens is 595 g/mol. The number of nitrogens with one attached hydrogen (secondary N) is 2. The predicted octanol–water partition coefficient (Wildman–Crippen LogP) is 2.15. The van der Waals surface area contributed by atoms with Crippen molar-refractivity contribution in [2.24, 2.45) is 0 Å². The summed E-state index contributed by atoms with van der Waals surface area (Å²) < 4.78 is 53.2. The fraction of sp³-hybridized carbons (Fsp3) is 0.483. The first-order valence-electron chi connectivity index (χ1n) is 14.6. The summed E-state index contributed by atoms with van der Waals surface area (Å²) >= 11 is 0. The fourth-order valence-electron chi connectivity index (χ4n) is 5.16. The van der Waals surface area contributed by atoms with Crippen molar-refractivity contribution in [3.63, 3.8) is 0 Å². The van der Waals surface area contributed by atoms with Gasteiger partial charge < -0.3 is 29.9 Å². The number of carbonyl (C=O) groups excluding carboxylic acids is 2. The maximum absolute atomic E-state index is 13.9. The largest absolute Gasteiger partial charge is 0.481 e. The van der Waals surface area contributed by atoms with Gasteiger partial charge in [-0.1, -0.05) is 5.21 Å². The summed E-state index contributed by atoms with van der Waals surface area (Å²) in [5, 5.41) is 13.6. The van der Waals surface area contributed by atoms with Gasteiger partial charge in [0, 0.05) is 58.1 Å². The molecule has 0 saturated carbocycles. The number of halogens is 3. The van der Waals surface area contributed by atoms with Crippen LogP contribution in [0.4, 0.5) is 24.5 Å². The van der Waals surface area contributed by atoms with Crippen molar-refractivity contribution in [1.82, 2.24) is 35.1 Å². The Balaban J connectivity index is 1.34. The highest BCUT2D eigenvalue weighted by Crippen LogP contribution is 2.35. The number of aromatic nitrogens is 4. The van der Waals surface area contributed by atoms with Crippen LogP contribution in [0.5, 0.6) is 5.88 Å². The summed E-state index contributed by atoms with van der Waals surface area (Å²) in [5.74, 6) is -1.62. The Morgan fingerprint density at radius 2 is 1.80 bits per heavy atom. The quantitative estimate of drug-likeness (QED) is 0.321. The zero-order valence-corrected chi connectivity index (χ0v) is 25.1. The second-order valence-corrected chi connectivity index (χ2v) is 10.8. The molecule has 0 spiro atoms. The number of anilines is 2. The van der Waals surface area contributed by atoms with Crippen LogP contribution in [0.25, 0.3) is 5.69 Å². The van der Waals surface area contributed by atoms with Crippen LogP contribution in [-0.2, 0) is 10.9 Å². The third-order valence-electron chi connectivity index (χ3n) is 7.74. The first-order chi connectivity index (χ1) is 21.6. The molecule has 242 valence electrons. The first-order valence-corrected chi connectivity index (χ1v) is 14.6. The zero-order chi connectivity index (χ0) is 32.0. The molecule has 2 N–H and O–H groups in total. The lowest BCUT2D eigenvalue weighted by Gasteiger charge is -2.35. The molecule has 2 amide bonds. The van der Waals surface area contributed by atoms with Crippen LogP contribution in [0.3, 0.4) is 0 Å². The maximum Gasteiger partial charge on any atom is 0.417 e. The van der Waals surface area contributed by atoms with Crippen molar-refractivity contribution in [2.75, 3.05) is 89.9 Å². The van der Waals surface area contributed by atoms with Gasteiger partial charge in [-0.25, -0.2) is 9.67 Å². The average molecular weight is 632 g/mol. The molecule has 2 aliphatic heterocycles. The minimum atomic E-state index is -4.81. The molecule has 2 aliphatic rings. The Hall–Kier alpha value is -4.28. The van der Waals surface area contributed by atoms with Crippen LogP contribution in [0.15, 0.2) is 36.7 Å². The van der Waals surface area contributed by atoms with Gasteiger partial charge >= 0.3 is 6.18 Å². The van der Waals surface area contributed by atoms with E-state index in [1.165, 1.54) is 18.0 Å². The lowest BCUT2D eigenvalue weighted by Crippen LogP contribution is -2.44. The summed E-state index contributed by atoms with van der Waals surface area (Å²) in [6, 6.07) is 5.80. The second-order valence-electron chi connectivity index (χ2n) is 10.8. The minimum Gasteiger partial charge on any atom is -0.481 e. The third kappa shape index (κ3) is 8.06. The number of methoxy groups -OCH3 is 1.